The quantitative estimate of drug-likeness (QED) is 0.782. The monoisotopic (exact) mass is 381 g/mol. The molecule has 3 rings (SSSR count). The number of hydrogen-bond acceptors (Lipinski definition) is 4. The lowest BCUT2D eigenvalue weighted by Crippen LogP contribution is -2.48. The molecule has 0 saturated carbocycles. The van der Waals surface area contributed by atoms with E-state index in [2.05, 4.69) is 22.3 Å². The van der Waals surface area contributed by atoms with Crippen LogP contribution in [0.3, 0.4) is 0 Å². The minimum Gasteiger partial charge on any atom is -0.495 e. The predicted molar refractivity (Wildman–Crippen MR) is 109 cm³/mol. The third kappa shape index (κ3) is 5.33. The van der Waals surface area contributed by atoms with E-state index in [1.165, 1.54) is 5.56 Å². The van der Waals surface area contributed by atoms with Crippen molar-refractivity contribution in [1.29, 1.82) is 0 Å². The molecule has 0 aromatic heterocycles. The van der Waals surface area contributed by atoms with Crippen molar-refractivity contribution in [1.82, 2.24) is 9.80 Å². The molecule has 6 nitrogen and oxygen atoms in total. The second kappa shape index (κ2) is 9.37. The van der Waals surface area contributed by atoms with E-state index < -0.39 is 0 Å². The van der Waals surface area contributed by atoms with Gasteiger partial charge in [-0.1, -0.05) is 36.4 Å². The van der Waals surface area contributed by atoms with E-state index >= 15 is 0 Å². The summed E-state index contributed by atoms with van der Waals surface area (Å²) in [7, 11) is 1.56. The molecular formula is C22H27N3O3. The molecule has 2 aromatic carbocycles. The van der Waals surface area contributed by atoms with Crippen LogP contribution < -0.4 is 10.1 Å². The molecule has 1 saturated heterocycles. The third-order valence-electron chi connectivity index (χ3n) is 4.91. The van der Waals surface area contributed by atoms with Gasteiger partial charge in [-0.15, -0.1) is 0 Å². The van der Waals surface area contributed by atoms with E-state index in [1.54, 1.807) is 18.1 Å². The van der Waals surface area contributed by atoms with Gasteiger partial charge < -0.3 is 15.0 Å². The van der Waals surface area contributed by atoms with Crippen molar-refractivity contribution in [3.05, 3.63) is 59.7 Å². The van der Waals surface area contributed by atoms with Gasteiger partial charge in [-0.25, -0.2) is 0 Å². The van der Waals surface area contributed by atoms with Crippen LogP contribution in [0.4, 0.5) is 5.69 Å². The third-order valence-corrected chi connectivity index (χ3v) is 4.91. The Bertz CT molecular complexity index is 815. The van der Waals surface area contributed by atoms with Crippen LogP contribution >= 0.6 is 0 Å². The number of ether oxygens (including phenoxy) is 1. The number of aryl methyl sites for hydroxylation is 1. The maximum absolute atomic E-state index is 12.5. The molecule has 6 heteroatoms. The summed E-state index contributed by atoms with van der Waals surface area (Å²) in [5.74, 6) is 0.130. The second-order valence-electron chi connectivity index (χ2n) is 7.07. The molecule has 1 heterocycles. The van der Waals surface area contributed by atoms with Gasteiger partial charge in [0.05, 0.1) is 12.8 Å². The molecule has 1 aliphatic heterocycles. The number of benzene rings is 2. The fraction of sp³-hybridized carbons (Fsp3) is 0.364. The molecule has 0 unspecified atom stereocenters. The fourth-order valence-electron chi connectivity index (χ4n) is 3.36. The minimum atomic E-state index is -0.319. The Morgan fingerprint density at radius 1 is 1.04 bits per heavy atom. The first-order valence-electron chi connectivity index (χ1n) is 9.53. The Balaban J connectivity index is 1.48. The molecule has 0 bridgehead atoms. The standard InChI is InChI=1S/C22H27N3O3/c1-17-8-9-20(28-2)19(14-17)23-21(26)15-22(27)25-12-10-24(11-13-25)16-18-6-4-3-5-7-18/h3-9,14H,10-13,15-16H2,1-2H3,(H,23,26). The lowest BCUT2D eigenvalue weighted by molar-refractivity contribution is -0.136. The number of nitrogens with one attached hydrogen (secondary N) is 1. The number of piperazine rings is 1. The van der Waals surface area contributed by atoms with Crippen LogP contribution in [0.1, 0.15) is 17.5 Å². The first-order chi connectivity index (χ1) is 13.5. The highest BCUT2D eigenvalue weighted by molar-refractivity contribution is 6.04. The fourth-order valence-corrected chi connectivity index (χ4v) is 3.36. The smallest absolute Gasteiger partial charge is 0.233 e. The average Bonchev–Trinajstić information content (AvgIpc) is 2.69. The molecule has 0 radical (unpaired) electrons. The Labute approximate surface area is 166 Å². The van der Waals surface area contributed by atoms with Crippen molar-refractivity contribution in [2.75, 3.05) is 38.6 Å². The topological polar surface area (TPSA) is 61.9 Å². The Hall–Kier alpha value is -2.86. The summed E-state index contributed by atoms with van der Waals surface area (Å²) in [6.07, 6.45) is -0.157. The van der Waals surface area contributed by atoms with E-state index in [4.69, 9.17) is 4.74 Å². The van der Waals surface area contributed by atoms with Gasteiger partial charge in [-0.3, -0.25) is 14.5 Å². The van der Waals surface area contributed by atoms with Crippen molar-refractivity contribution in [3.63, 3.8) is 0 Å². The van der Waals surface area contributed by atoms with Crippen molar-refractivity contribution in [2.24, 2.45) is 0 Å². The number of methoxy groups -OCH3 is 1. The predicted octanol–water partition coefficient (Wildman–Crippen LogP) is 2.68. The summed E-state index contributed by atoms with van der Waals surface area (Å²) in [4.78, 5) is 28.9. The summed E-state index contributed by atoms with van der Waals surface area (Å²) in [6, 6.07) is 15.9. The Kier molecular flexibility index (Phi) is 6.66. The van der Waals surface area contributed by atoms with Crippen molar-refractivity contribution in [3.8, 4) is 5.75 Å². The molecular weight excluding hydrogens is 354 g/mol. The molecule has 0 aliphatic carbocycles. The lowest BCUT2D eigenvalue weighted by Gasteiger charge is -2.34. The maximum Gasteiger partial charge on any atom is 0.233 e. The highest BCUT2D eigenvalue weighted by Crippen LogP contribution is 2.25. The molecule has 28 heavy (non-hydrogen) atoms. The number of amides is 2. The highest BCUT2D eigenvalue weighted by atomic mass is 16.5. The molecule has 0 spiro atoms. The molecule has 148 valence electrons. The maximum atomic E-state index is 12.5. The lowest BCUT2D eigenvalue weighted by atomic mass is 10.2. The SMILES string of the molecule is COc1ccc(C)cc1NC(=O)CC(=O)N1CCN(Cc2ccccc2)CC1. The first-order valence-corrected chi connectivity index (χ1v) is 9.53. The van der Waals surface area contributed by atoms with Crippen molar-refractivity contribution in [2.45, 2.75) is 19.9 Å². The zero-order valence-electron chi connectivity index (χ0n) is 16.5. The average molecular weight is 381 g/mol. The van der Waals surface area contributed by atoms with Crippen LogP contribution in [0.2, 0.25) is 0 Å². The number of rotatable bonds is 6. The van der Waals surface area contributed by atoms with Crippen LogP contribution in [0.15, 0.2) is 48.5 Å². The summed E-state index contributed by atoms with van der Waals surface area (Å²) < 4.78 is 5.27. The zero-order chi connectivity index (χ0) is 19.9. The molecule has 2 amide bonds. The number of anilines is 1. The van der Waals surface area contributed by atoms with E-state index in [9.17, 15) is 9.59 Å². The van der Waals surface area contributed by atoms with E-state index in [0.717, 1.165) is 25.2 Å². The van der Waals surface area contributed by atoms with Gasteiger partial charge in [-0.05, 0) is 30.2 Å². The summed E-state index contributed by atoms with van der Waals surface area (Å²) >= 11 is 0. The number of carbonyl (C=O) groups excluding carboxylic acids is 2. The van der Waals surface area contributed by atoms with Crippen LogP contribution in [0.5, 0.6) is 5.75 Å². The number of hydrogen-bond donors (Lipinski definition) is 1. The largest absolute Gasteiger partial charge is 0.495 e. The van der Waals surface area contributed by atoms with Gasteiger partial charge in [0, 0.05) is 32.7 Å². The normalized spacial score (nSPS) is 14.6. The zero-order valence-corrected chi connectivity index (χ0v) is 16.5. The second-order valence-corrected chi connectivity index (χ2v) is 7.07. The van der Waals surface area contributed by atoms with Crippen molar-refractivity contribution < 1.29 is 14.3 Å². The van der Waals surface area contributed by atoms with Crippen LogP contribution in [-0.2, 0) is 16.1 Å². The van der Waals surface area contributed by atoms with Crippen LogP contribution in [0.25, 0.3) is 0 Å². The summed E-state index contributed by atoms with van der Waals surface area (Å²) in [5.41, 5.74) is 2.87. The van der Waals surface area contributed by atoms with Crippen molar-refractivity contribution >= 4 is 17.5 Å². The Morgan fingerprint density at radius 3 is 2.43 bits per heavy atom. The molecule has 1 N–H and O–H groups in total. The summed E-state index contributed by atoms with van der Waals surface area (Å²) in [6.45, 7) is 5.74. The van der Waals surface area contributed by atoms with Gasteiger partial charge in [0.2, 0.25) is 11.8 Å². The number of nitrogens with zero attached hydrogens (tertiary/aromatic N) is 2. The summed E-state index contributed by atoms with van der Waals surface area (Å²) in [5, 5.41) is 2.79. The van der Waals surface area contributed by atoms with Crippen LogP contribution in [0, 0.1) is 6.92 Å². The first kappa shape index (κ1) is 19.9. The molecule has 1 fully saturated rings. The van der Waals surface area contributed by atoms with E-state index in [1.807, 2.05) is 37.3 Å². The van der Waals surface area contributed by atoms with E-state index in [0.29, 0.717) is 24.5 Å². The molecule has 0 atom stereocenters. The Morgan fingerprint density at radius 2 is 1.75 bits per heavy atom. The number of carbonyl (C=O) groups is 2. The van der Waals surface area contributed by atoms with Gasteiger partial charge in [0.15, 0.2) is 0 Å². The van der Waals surface area contributed by atoms with Gasteiger partial charge in [0.1, 0.15) is 12.2 Å². The van der Waals surface area contributed by atoms with Crippen LogP contribution in [-0.4, -0.2) is 54.9 Å². The highest BCUT2D eigenvalue weighted by Gasteiger charge is 2.23. The van der Waals surface area contributed by atoms with Gasteiger partial charge >= 0.3 is 0 Å². The minimum absolute atomic E-state index is 0.136. The van der Waals surface area contributed by atoms with E-state index in [-0.39, 0.29) is 18.2 Å². The molecule has 1 aliphatic rings. The van der Waals surface area contributed by atoms with Gasteiger partial charge in [-0.2, -0.15) is 0 Å². The van der Waals surface area contributed by atoms with Gasteiger partial charge in [0.25, 0.3) is 0 Å². The molecule has 2 aromatic rings.